The molecule has 2 amide bonds. The molecule has 1 fully saturated rings. The first kappa shape index (κ1) is 16.9. The SMILES string of the molecule is O=C1[C@H]2C3c4ccccc4C(c4ccccc43)[C@@H]2C(=O)N1/N=C\c1ccc(Br)o1. The fourth-order valence-corrected chi connectivity index (χ4v) is 5.61. The van der Waals surface area contributed by atoms with Crippen molar-refractivity contribution in [1.29, 1.82) is 0 Å². The van der Waals surface area contributed by atoms with Gasteiger partial charge in [-0.1, -0.05) is 48.5 Å². The average Bonchev–Trinajstić information content (AvgIpc) is 3.28. The summed E-state index contributed by atoms with van der Waals surface area (Å²) in [7, 11) is 0. The van der Waals surface area contributed by atoms with Gasteiger partial charge in [0.05, 0.1) is 18.1 Å². The third-order valence-corrected chi connectivity index (χ3v) is 6.75. The van der Waals surface area contributed by atoms with E-state index in [2.05, 4.69) is 45.3 Å². The van der Waals surface area contributed by atoms with E-state index >= 15 is 0 Å². The van der Waals surface area contributed by atoms with Crippen molar-refractivity contribution in [3.63, 3.8) is 0 Å². The van der Waals surface area contributed by atoms with Crippen LogP contribution in [0.4, 0.5) is 0 Å². The smallest absolute Gasteiger partial charge is 0.254 e. The Hall–Kier alpha value is -2.99. The number of imide groups is 1. The minimum Gasteiger partial charge on any atom is -0.448 e. The van der Waals surface area contributed by atoms with Gasteiger partial charge in [0, 0.05) is 11.8 Å². The molecule has 6 heteroatoms. The van der Waals surface area contributed by atoms with Gasteiger partial charge in [-0.3, -0.25) is 9.59 Å². The molecule has 29 heavy (non-hydrogen) atoms. The number of hydrogen-bond donors (Lipinski definition) is 0. The third-order valence-electron chi connectivity index (χ3n) is 6.32. The Bertz CT molecular complexity index is 1100. The van der Waals surface area contributed by atoms with Crippen molar-refractivity contribution in [2.45, 2.75) is 11.8 Å². The van der Waals surface area contributed by atoms with Crippen molar-refractivity contribution in [2.75, 3.05) is 0 Å². The van der Waals surface area contributed by atoms with Crippen molar-refractivity contribution in [3.8, 4) is 0 Å². The van der Waals surface area contributed by atoms with Crippen molar-refractivity contribution >= 4 is 34.0 Å². The second kappa shape index (κ2) is 6.00. The zero-order chi connectivity index (χ0) is 19.7. The van der Waals surface area contributed by atoms with Crippen LogP contribution in [-0.2, 0) is 9.59 Å². The second-order valence-electron chi connectivity index (χ2n) is 7.64. The Morgan fingerprint density at radius 1 is 0.793 bits per heavy atom. The minimum atomic E-state index is -0.419. The number of carbonyl (C=O) groups is 2. The lowest BCUT2D eigenvalue weighted by Crippen LogP contribution is -2.41. The predicted molar refractivity (Wildman–Crippen MR) is 109 cm³/mol. The molecule has 2 atom stereocenters. The average molecular weight is 447 g/mol. The molecule has 0 N–H and O–H groups in total. The number of carbonyl (C=O) groups excluding carboxylic acids is 2. The Labute approximate surface area is 175 Å². The van der Waals surface area contributed by atoms with Gasteiger partial charge in [0.2, 0.25) is 0 Å². The van der Waals surface area contributed by atoms with Crippen LogP contribution in [0.5, 0.6) is 0 Å². The van der Waals surface area contributed by atoms with Gasteiger partial charge in [0.15, 0.2) is 4.67 Å². The molecule has 2 aromatic carbocycles. The monoisotopic (exact) mass is 446 g/mol. The Morgan fingerprint density at radius 3 is 1.69 bits per heavy atom. The van der Waals surface area contributed by atoms with E-state index in [4.69, 9.17) is 4.42 Å². The Balaban J connectivity index is 1.47. The van der Waals surface area contributed by atoms with E-state index in [0.29, 0.717) is 10.4 Å². The standard InChI is InChI=1S/C23H15BrN2O3/c24-17-10-9-12(29-17)11-25-26-22(27)20-18-13-5-1-2-6-14(13)19(21(20)23(26)28)16-8-4-3-7-15(16)18/h1-11,18-21H/b25-11-/t18?,19?,20-,21-/m0/s1. The van der Waals surface area contributed by atoms with Crippen molar-refractivity contribution in [3.05, 3.63) is 93.3 Å². The largest absolute Gasteiger partial charge is 0.448 e. The molecule has 0 radical (unpaired) electrons. The number of nitrogens with zero attached hydrogens (tertiary/aromatic N) is 2. The highest BCUT2D eigenvalue weighted by atomic mass is 79.9. The van der Waals surface area contributed by atoms with Crippen LogP contribution in [0.2, 0.25) is 0 Å². The van der Waals surface area contributed by atoms with Crippen molar-refractivity contribution in [1.82, 2.24) is 5.01 Å². The van der Waals surface area contributed by atoms with Crippen molar-refractivity contribution < 1.29 is 14.0 Å². The molecule has 0 spiro atoms. The quantitative estimate of drug-likeness (QED) is 0.436. The van der Waals surface area contributed by atoms with Gasteiger partial charge in [-0.15, -0.1) is 0 Å². The number of rotatable bonds is 2. The first-order chi connectivity index (χ1) is 14.1. The van der Waals surface area contributed by atoms with E-state index in [1.807, 2.05) is 24.3 Å². The third kappa shape index (κ3) is 2.23. The Kier molecular flexibility index (Phi) is 3.50. The summed E-state index contributed by atoms with van der Waals surface area (Å²) in [6, 6.07) is 19.8. The second-order valence-corrected chi connectivity index (χ2v) is 8.42. The molecular weight excluding hydrogens is 432 g/mol. The number of amides is 2. The number of hydrogen-bond acceptors (Lipinski definition) is 4. The van der Waals surface area contributed by atoms with Gasteiger partial charge in [-0.25, -0.2) is 0 Å². The predicted octanol–water partition coefficient (Wildman–Crippen LogP) is 4.27. The van der Waals surface area contributed by atoms with Crippen LogP contribution in [0, 0.1) is 11.8 Å². The number of hydrazone groups is 1. The first-order valence-electron chi connectivity index (χ1n) is 9.50. The van der Waals surface area contributed by atoms with E-state index in [-0.39, 0.29) is 23.7 Å². The molecule has 4 aliphatic rings. The fraction of sp³-hybridized carbons (Fsp3) is 0.174. The highest BCUT2D eigenvalue weighted by Crippen LogP contribution is 2.60. The number of furan rings is 1. The molecule has 0 unspecified atom stereocenters. The van der Waals surface area contributed by atoms with E-state index in [0.717, 1.165) is 27.3 Å². The van der Waals surface area contributed by atoms with Crippen LogP contribution >= 0.6 is 15.9 Å². The topological polar surface area (TPSA) is 62.9 Å². The molecule has 1 aromatic heterocycles. The van der Waals surface area contributed by atoms with Crippen LogP contribution in [0.1, 0.15) is 39.8 Å². The van der Waals surface area contributed by atoms with Gasteiger partial charge in [0.1, 0.15) is 5.76 Å². The summed E-state index contributed by atoms with van der Waals surface area (Å²) in [4.78, 5) is 26.7. The van der Waals surface area contributed by atoms with Crippen LogP contribution in [-0.4, -0.2) is 23.0 Å². The molecule has 2 heterocycles. The van der Waals surface area contributed by atoms with Crippen LogP contribution < -0.4 is 0 Å². The zero-order valence-electron chi connectivity index (χ0n) is 15.2. The van der Waals surface area contributed by atoms with Crippen LogP contribution in [0.3, 0.4) is 0 Å². The van der Waals surface area contributed by atoms with Gasteiger partial charge >= 0.3 is 0 Å². The number of benzene rings is 2. The molecular formula is C23H15BrN2O3. The summed E-state index contributed by atoms with van der Waals surface area (Å²) in [5, 5.41) is 5.26. The Morgan fingerprint density at radius 2 is 1.28 bits per heavy atom. The fourth-order valence-electron chi connectivity index (χ4n) is 5.29. The summed E-state index contributed by atoms with van der Waals surface area (Å²) in [6.07, 6.45) is 1.42. The summed E-state index contributed by atoms with van der Waals surface area (Å²) in [5.74, 6) is -1.07. The molecule has 142 valence electrons. The zero-order valence-corrected chi connectivity index (χ0v) is 16.7. The van der Waals surface area contributed by atoms with Crippen LogP contribution in [0.25, 0.3) is 0 Å². The normalized spacial score (nSPS) is 26.7. The molecule has 3 aromatic rings. The van der Waals surface area contributed by atoms with E-state index < -0.39 is 11.8 Å². The first-order valence-corrected chi connectivity index (χ1v) is 10.3. The summed E-state index contributed by atoms with van der Waals surface area (Å²) in [6.45, 7) is 0. The molecule has 3 aliphatic carbocycles. The highest BCUT2D eigenvalue weighted by Gasteiger charge is 2.61. The molecule has 1 aliphatic heterocycles. The van der Waals surface area contributed by atoms with E-state index in [1.54, 1.807) is 12.1 Å². The van der Waals surface area contributed by atoms with Gasteiger partial charge < -0.3 is 4.42 Å². The lowest BCUT2D eigenvalue weighted by Gasteiger charge is -2.45. The number of halogens is 1. The maximum absolute atomic E-state index is 13.3. The van der Waals surface area contributed by atoms with E-state index in [1.165, 1.54) is 6.21 Å². The maximum atomic E-state index is 13.3. The molecule has 5 nitrogen and oxygen atoms in total. The highest BCUT2D eigenvalue weighted by molar-refractivity contribution is 9.10. The molecule has 7 rings (SSSR count). The molecule has 0 saturated carbocycles. The van der Waals surface area contributed by atoms with Crippen molar-refractivity contribution in [2.24, 2.45) is 16.9 Å². The maximum Gasteiger partial charge on any atom is 0.254 e. The summed E-state index contributed by atoms with van der Waals surface area (Å²) in [5.41, 5.74) is 4.61. The van der Waals surface area contributed by atoms with Gasteiger partial charge in [-0.2, -0.15) is 10.1 Å². The summed E-state index contributed by atoms with van der Waals surface area (Å²) < 4.78 is 5.97. The van der Waals surface area contributed by atoms with Gasteiger partial charge in [-0.05, 0) is 50.3 Å². The minimum absolute atomic E-state index is 0.119. The molecule has 2 bridgehead atoms. The van der Waals surface area contributed by atoms with Gasteiger partial charge in [0.25, 0.3) is 11.8 Å². The lowest BCUT2D eigenvalue weighted by molar-refractivity contribution is -0.139. The summed E-state index contributed by atoms with van der Waals surface area (Å²) >= 11 is 3.24. The van der Waals surface area contributed by atoms with Crippen LogP contribution in [0.15, 0.2) is 74.9 Å². The lowest BCUT2D eigenvalue weighted by atomic mass is 9.55. The molecule has 1 saturated heterocycles. The van der Waals surface area contributed by atoms with E-state index in [9.17, 15) is 9.59 Å².